The number of hydroxylamine groups is 2. The molecule has 0 bridgehead atoms. The maximum absolute atomic E-state index is 9.69. The fourth-order valence-corrected chi connectivity index (χ4v) is 1.29. The van der Waals surface area contributed by atoms with E-state index in [-0.39, 0.29) is 6.04 Å². The highest BCUT2D eigenvalue weighted by Crippen LogP contribution is 2.07. The summed E-state index contributed by atoms with van der Waals surface area (Å²) >= 11 is 0. The molecule has 0 amide bonds. The molecular formula is C12H17NO. The first-order valence-corrected chi connectivity index (χ1v) is 4.84. The lowest BCUT2D eigenvalue weighted by atomic mass is 10.2. The molecule has 0 saturated carbocycles. The summed E-state index contributed by atoms with van der Waals surface area (Å²) in [6.07, 6.45) is 2.61. The van der Waals surface area contributed by atoms with Crippen LogP contribution >= 0.6 is 0 Å². The van der Waals surface area contributed by atoms with Gasteiger partial charge in [0.2, 0.25) is 0 Å². The van der Waals surface area contributed by atoms with Crippen molar-refractivity contribution in [3.05, 3.63) is 48.6 Å². The van der Waals surface area contributed by atoms with Crippen LogP contribution in [0.25, 0.3) is 0 Å². The number of hydrogen-bond donors (Lipinski definition) is 1. The molecule has 0 aromatic heterocycles. The van der Waals surface area contributed by atoms with E-state index in [1.54, 1.807) is 0 Å². The standard InChI is InChI=1S/C12H17NO/c1-3-7-11(2)13(14)10-12-8-5-4-6-9-12/h3-6,8-9,11,14H,1,7,10H2,2H3. The predicted molar refractivity (Wildman–Crippen MR) is 58.0 cm³/mol. The molecule has 76 valence electrons. The van der Waals surface area contributed by atoms with Crippen LogP contribution in [0.3, 0.4) is 0 Å². The van der Waals surface area contributed by atoms with E-state index in [4.69, 9.17) is 0 Å². The Morgan fingerprint density at radius 2 is 2.07 bits per heavy atom. The van der Waals surface area contributed by atoms with Crippen LogP contribution in [-0.2, 0) is 6.54 Å². The van der Waals surface area contributed by atoms with E-state index >= 15 is 0 Å². The minimum Gasteiger partial charge on any atom is -0.313 e. The lowest BCUT2D eigenvalue weighted by molar-refractivity contribution is -0.129. The molecular weight excluding hydrogens is 174 g/mol. The van der Waals surface area contributed by atoms with Crippen molar-refractivity contribution in [2.24, 2.45) is 0 Å². The van der Waals surface area contributed by atoms with Gasteiger partial charge >= 0.3 is 0 Å². The summed E-state index contributed by atoms with van der Waals surface area (Å²) in [5.74, 6) is 0. The van der Waals surface area contributed by atoms with Crippen LogP contribution in [0.15, 0.2) is 43.0 Å². The van der Waals surface area contributed by atoms with Gasteiger partial charge in [-0.05, 0) is 18.9 Å². The number of benzene rings is 1. The van der Waals surface area contributed by atoms with Gasteiger partial charge < -0.3 is 5.21 Å². The van der Waals surface area contributed by atoms with Crippen molar-refractivity contribution >= 4 is 0 Å². The summed E-state index contributed by atoms with van der Waals surface area (Å²) in [4.78, 5) is 0. The van der Waals surface area contributed by atoms with Crippen molar-refractivity contribution in [1.82, 2.24) is 5.06 Å². The summed E-state index contributed by atoms with van der Waals surface area (Å²) in [6, 6.07) is 10.0. The molecule has 0 aliphatic rings. The fourth-order valence-electron chi connectivity index (χ4n) is 1.29. The van der Waals surface area contributed by atoms with E-state index in [9.17, 15) is 5.21 Å². The SMILES string of the molecule is C=CCC(C)N(O)Cc1ccccc1. The molecule has 0 aliphatic heterocycles. The highest BCUT2D eigenvalue weighted by Gasteiger charge is 2.09. The smallest absolute Gasteiger partial charge is 0.0491 e. The highest BCUT2D eigenvalue weighted by atomic mass is 16.5. The Balaban J connectivity index is 2.48. The van der Waals surface area contributed by atoms with Crippen LogP contribution in [0, 0.1) is 0 Å². The minimum absolute atomic E-state index is 0.118. The quantitative estimate of drug-likeness (QED) is 0.571. The van der Waals surface area contributed by atoms with Gasteiger partial charge in [0, 0.05) is 12.6 Å². The second-order valence-electron chi connectivity index (χ2n) is 3.46. The zero-order valence-electron chi connectivity index (χ0n) is 8.56. The molecule has 1 aromatic rings. The summed E-state index contributed by atoms with van der Waals surface area (Å²) in [7, 11) is 0. The monoisotopic (exact) mass is 191 g/mol. The fraction of sp³-hybridized carbons (Fsp3) is 0.333. The van der Waals surface area contributed by atoms with E-state index in [1.807, 2.05) is 43.3 Å². The highest BCUT2D eigenvalue weighted by molar-refractivity contribution is 5.14. The van der Waals surface area contributed by atoms with E-state index in [1.165, 1.54) is 5.06 Å². The maximum Gasteiger partial charge on any atom is 0.0491 e. The van der Waals surface area contributed by atoms with Gasteiger partial charge in [0.1, 0.15) is 0 Å². The Labute approximate surface area is 85.4 Å². The topological polar surface area (TPSA) is 23.5 Å². The third-order valence-electron chi connectivity index (χ3n) is 2.20. The molecule has 1 rings (SSSR count). The normalized spacial score (nSPS) is 12.8. The Morgan fingerprint density at radius 3 is 2.64 bits per heavy atom. The third-order valence-corrected chi connectivity index (χ3v) is 2.20. The average Bonchev–Trinajstić information content (AvgIpc) is 2.19. The van der Waals surface area contributed by atoms with Gasteiger partial charge in [0.25, 0.3) is 0 Å². The molecule has 1 aromatic carbocycles. The van der Waals surface area contributed by atoms with Crippen LogP contribution in [0.4, 0.5) is 0 Å². The van der Waals surface area contributed by atoms with E-state index in [0.717, 1.165) is 12.0 Å². The summed E-state index contributed by atoms with van der Waals surface area (Å²) in [5.41, 5.74) is 1.12. The van der Waals surface area contributed by atoms with Gasteiger partial charge in [-0.15, -0.1) is 6.58 Å². The van der Waals surface area contributed by atoms with Crippen LogP contribution in [0.1, 0.15) is 18.9 Å². The van der Waals surface area contributed by atoms with Crippen molar-refractivity contribution in [2.75, 3.05) is 0 Å². The Morgan fingerprint density at radius 1 is 1.43 bits per heavy atom. The zero-order chi connectivity index (χ0) is 10.4. The summed E-state index contributed by atoms with van der Waals surface area (Å²) in [6.45, 7) is 6.19. The maximum atomic E-state index is 9.69. The first kappa shape index (κ1) is 11.0. The summed E-state index contributed by atoms with van der Waals surface area (Å²) in [5, 5.41) is 11.0. The molecule has 0 radical (unpaired) electrons. The number of nitrogens with zero attached hydrogens (tertiary/aromatic N) is 1. The van der Waals surface area contributed by atoms with Crippen LogP contribution in [0.2, 0.25) is 0 Å². The van der Waals surface area contributed by atoms with Crippen molar-refractivity contribution < 1.29 is 5.21 Å². The van der Waals surface area contributed by atoms with Crippen LogP contribution in [0.5, 0.6) is 0 Å². The third kappa shape index (κ3) is 3.32. The largest absolute Gasteiger partial charge is 0.313 e. The first-order valence-electron chi connectivity index (χ1n) is 4.84. The Hall–Kier alpha value is -1.12. The molecule has 0 fully saturated rings. The van der Waals surface area contributed by atoms with Crippen molar-refractivity contribution in [3.8, 4) is 0 Å². The van der Waals surface area contributed by atoms with Crippen molar-refractivity contribution in [1.29, 1.82) is 0 Å². The van der Waals surface area contributed by atoms with Gasteiger partial charge in [-0.3, -0.25) is 0 Å². The Bertz CT molecular complexity index is 271. The number of rotatable bonds is 5. The summed E-state index contributed by atoms with van der Waals surface area (Å²) < 4.78 is 0. The van der Waals surface area contributed by atoms with Crippen LogP contribution in [-0.4, -0.2) is 16.3 Å². The Kier molecular flexibility index (Phi) is 4.36. The van der Waals surface area contributed by atoms with Crippen molar-refractivity contribution in [3.63, 3.8) is 0 Å². The van der Waals surface area contributed by atoms with E-state index in [2.05, 4.69) is 6.58 Å². The van der Waals surface area contributed by atoms with Gasteiger partial charge in [0.15, 0.2) is 0 Å². The molecule has 0 heterocycles. The van der Waals surface area contributed by atoms with Gasteiger partial charge in [0.05, 0.1) is 0 Å². The zero-order valence-corrected chi connectivity index (χ0v) is 8.56. The van der Waals surface area contributed by atoms with E-state index in [0.29, 0.717) is 6.54 Å². The predicted octanol–water partition coefficient (Wildman–Crippen LogP) is 2.84. The molecule has 0 spiro atoms. The van der Waals surface area contributed by atoms with Gasteiger partial charge in [-0.25, -0.2) is 0 Å². The van der Waals surface area contributed by atoms with Crippen molar-refractivity contribution in [2.45, 2.75) is 25.9 Å². The van der Waals surface area contributed by atoms with E-state index < -0.39 is 0 Å². The molecule has 0 aliphatic carbocycles. The molecule has 1 atom stereocenters. The molecule has 0 saturated heterocycles. The second-order valence-corrected chi connectivity index (χ2v) is 3.46. The molecule has 2 nitrogen and oxygen atoms in total. The second kappa shape index (κ2) is 5.58. The lowest BCUT2D eigenvalue weighted by Gasteiger charge is -2.21. The molecule has 1 unspecified atom stereocenters. The van der Waals surface area contributed by atoms with Gasteiger partial charge in [-0.1, -0.05) is 36.4 Å². The van der Waals surface area contributed by atoms with Crippen LogP contribution < -0.4 is 0 Å². The lowest BCUT2D eigenvalue weighted by Crippen LogP contribution is -2.28. The average molecular weight is 191 g/mol. The van der Waals surface area contributed by atoms with Gasteiger partial charge in [-0.2, -0.15) is 5.06 Å². The minimum atomic E-state index is 0.118. The number of hydrogen-bond acceptors (Lipinski definition) is 2. The molecule has 14 heavy (non-hydrogen) atoms. The first-order chi connectivity index (χ1) is 6.74. The molecule has 2 heteroatoms. The molecule has 1 N–H and O–H groups in total.